The van der Waals surface area contributed by atoms with E-state index in [9.17, 15) is 4.79 Å². The summed E-state index contributed by atoms with van der Waals surface area (Å²) in [6.45, 7) is 4.46. The molecule has 0 fully saturated rings. The predicted octanol–water partition coefficient (Wildman–Crippen LogP) is 4.35. The van der Waals surface area contributed by atoms with E-state index in [1.807, 2.05) is 32.0 Å². The molecule has 0 aliphatic heterocycles. The van der Waals surface area contributed by atoms with E-state index in [1.54, 1.807) is 24.3 Å². The van der Waals surface area contributed by atoms with Crippen LogP contribution in [0.2, 0.25) is 5.02 Å². The fourth-order valence-corrected chi connectivity index (χ4v) is 2.48. The van der Waals surface area contributed by atoms with Gasteiger partial charge in [-0.05, 0) is 72.2 Å². The minimum atomic E-state index is -0.323. The summed E-state index contributed by atoms with van der Waals surface area (Å²) in [7, 11) is 0. The van der Waals surface area contributed by atoms with Gasteiger partial charge in [0.1, 0.15) is 5.75 Å². The first-order valence-corrected chi connectivity index (χ1v) is 8.09. The SMILES string of the molecule is CCOc1ccc(-c2nonc2NC(=O)c2ccc(Cl)cc2)cc1C. The second-order valence-electron chi connectivity index (χ2n) is 5.34. The third-order valence-electron chi connectivity index (χ3n) is 3.58. The third kappa shape index (κ3) is 3.80. The van der Waals surface area contributed by atoms with Gasteiger partial charge in [0.2, 0.25) is 5.82 Å². The number of halogens is 1. The van der Waals surface area contributed by atoms with E-state index in [1.165, 1.54) is 0 Å². The summed E-state index contributed by atoms with van der Waals surface area (Å²) in [5, 5.41) is 11.0. The van der Waals surface area contributed by atoms with Crippen LogP contribution in [-0.2, 0) is 0 Å². The Labute approximate surface area is 149 Å². The van der Waals surface area contributed by atoms with Crippen molar-refractivity contribution >= 4 is 23.3 Å². The summed E-state index contributed by atoms with van der Waals surface area (Å²) >= 11 is 5.84. The van der Waals surface area contributed by atoms with Crippen LogP contribution < -0.4 is 10.1 Å². The van der Waals surface area contributed by atoms with E-state index in [0.29, 0.717) is 22.9 Å². The summed E-state index contributed by atoms with van der Waals surface area (Å²) in [4.78, 5) is 12.3. The summed E-state index contributed by atoms with van der Waals surface area (Å²) in [5.74, 6) is 0.731. The largest absolute Gasteiger partial charge is 0.494 e. The molecule has 1 amide bonds. The molecular weight excluding hydrogens is 342 g/mol. The topological polar surface area (TPSA) is 77.2 Å². The van der Waals surface area contributed by atoms with E-state index in [0.717, 1.165) is 16.9 Å². The predicted molar refractivity (Wildman–Crippen MR) is 95.0 cm³/mol. The third-order valence-corrected chi connectivity index (χ3v) is 3.83. The quantitative estimate of drug-likeness (QED) is 0.734. The van der Waals surface area contributed by atoms with Gasteiger partial charge in [-0.3, -0.25) is 4.79 Å². The highest BCUT2D eigenvalue weighted by Crippen LogP contribution is 2.29. The number of hydrogen-bond donors (Lipinski definition) is 1. The summed E-state index contributed by atoms with van der Waals surface area (Å²) in [5.41, 5.74) is 2.64. The van der Waals surface area contributed by atoms with Gasteiger partial charge in [0, 0.05) is 16.1 Å². The molecule has 1 N–H and O–H groups in total. The van der Waals surface area contributed by atoms with Crippen molar-refractivity contribution in [3.63, 3.8) is 0 Å². The maximum absolute atomic E-state index is 12.3. The molecule has 3 aromatic rings. The van der Waals surface area contributed by atoms with Gasteiger partial charge in [0.05, 0.1) is 6.61 Å². The van der Waals surface area contributed by atoms with E-state index < -0.39 is 0 Å². The van der Waals surface area contributed by atoms with E-state index in [2.05, 4.69) is 15.6 Å². The number of nitrogens with one attached hydrogen (secondary N) is 1. The van der Waals surface area contributed by atoms with Crippen LogP contribution >= 0.6 is 11.6 Å². The van der Waals surface area contributed by atoms with Crippen LogP contribution in [0, 0.1) is 6.92 Å². The molecule has 3 rings (SSSR count). The molecule has 0 bridgehead atoms. The molecule has 6 nitrogen and oxygen atoms in total. The van der Waals surface area contributed by atoms with E-state index >= 15 is 0 Å². The van der Waals surface area contributed by atoms with Gasteiger partial charge in [-0.1, -0.05) is 11.6 Å². The molecule has 0 spiro atoms. The zero-order valence-corrected chi connectivity index (χ0v) is 14.5. The first-order chi connectivity index (χ1) is 12.1. The molecule has 0 saturated heterocycles. The lowest BCUT2D eigenvalue weighted by Gasteiger charge is -2.08. The Bertz CT molecular complexity index is 891. The Morgan fingerprint density at radius 3 is 2.64 bits per heavy atom. The lowest BCUT2D eigenvalue weighted by atomic mass is 10.1. The standard InChI is InChI=1S/C18H16ClN3O3/c1-3-24-15-9-6-13(10-11(15)2)16-17(22-25-21-16)20-18(23)12-4-7-14(19)8-5-12/h4-10H,3H2,1-2H3,(H,20,22,23). The van der Waals surface area contributed by atoms with Crippen LogP contribution in [0.1, 0.15) is 22.8 Å². The van der Waals surface area contributed by atoms with Crippen LogP contribution in [0.25, 0.3) is 11.3 Å². The van der Waals surface area contributed by atoms with Gasteiger partial charge >= 0.3 is 0 Å². The molecular formula is C18H16ClN3O3. The molecule has 2 aromatic carbocycles. The van der Waals surface area contributed by atoms with Crippen LogP contribution in [0.5, 0.6) is 5.75 Å². The first kappa shape index (κ1) is 17.0. The molecule has 7 heteroatoms. The fourth-order valence-electron chi connectivity index (χ4n) is 2.36. The van der Waals surface area contributed by atoms with Crippen molar-refractivity contribution < 1.29 is 14.2 Å². The van der Waals surface area contributed by atoms with Crippen LogP contribution in [-0.4, -0.2) is 22.8 Å². The number of hydrogen-bond acceptors (Lipinski definition) is 5. The summed E-state index contributed by atoms with van der Waals surface area (Å²) in [6.07, 6.45) is 0. The highest BCUT2D eigenvalue weighted by molar-refractivity contribution is 6.30. The average Bonchev–Trinajstić information content (AvgIpc) is 3.05. The summed E-state index contributed by atoms with van der Waals surface area (Å²) < 4.78 is 10.3. The first-order valence-electron chi connectivity index (χ1n) is 7.71. The Morgan fingerprint density at radius 1 is 1.20 bits per heavy atom. The van der Waals surface area contributed by atoms with Gasteiger partial charge in [0.25, 0.3) is 5.91 Å². The number of aryl methyl sites for hydroxylation is 1. The monoisotopic (exact) mass is 357 g/mol. The maximum Gasteiger partial charge on any atom is 0.256 e. The lowest BCUT2D eigenvalue weighted by molar-refractivity contribution is 0.102. The molecule has 0 unspecified atom stereocenters. The molecule has 128 valence electrons. The summed E-state index contributed by atoms with van der Waals surface area (Å²) in [6, 6.07) is 12.2. The Morgan fingerprint density at radius 2 is 1.96 bits per heavy atom. The van der Waals surface area contributed by atoms with Crippen molar-refractivity contribution in [3.05, 3.63) is 58.6 Å². The van der Waals surface area contributed by atoms with E-state index in [4.69, 9.17) is 21.0 Å². The lowest BCUT2D eigenvalue weighted by Crippen LogP contribution is -2.12. The van der Waals surface area contributed by atoms with Crippen molar-refractivity contribution in [1.82, 2.24) is 10.3 Å². The minimum absolute atomic E-state index is 0.253. The Hall–Kier alpha value is -2.86. The van der Waals surface area contributed by atoms with Gasteiger partial charge in [-0.15, -0.1) is 0 Å². The van der Waals surface area contributed by atoms with Crippen molar-refractivity contribution in [1.29, 1.82) is 0 Å². The smallest absolute Gasteiger partial charge is 0.256 e. The van der Waals surface area contributed by atoms with E-state index in [-0.39, 0.29) is 11.7 Å². The molecule has 0 atom stereocenters. The highest BCUT2D eigenvalue weighted by Gasteiger charge is 2.17. The molecule has 0 aliphatic carbocycles. The maximum atomic E-state index is 12.3. The van der Waals surface area contributed by atoms with Crippen LogP contribution in [0.4, 0.5) is 5.82 Å². The molecule has 25 heavy (non-hydrogen) atoms. The number of aromatic nitrogens is 2. The number of carbonyl (C=O) groups is 1. The zero-order chi connectivity index (χ0) is 17.8. The Balaban J connectivity index is 1.84. The number of rotatable bonds is 5. The van der Waals surface area contributed by atoms with Crippen LogP contribution in [0.15, 0.2) is 47.1 Å². The van der Waals surface area contributed by atoms with Crippen molar-refractivity contribution in [2.24, 2.45) is 0 Å². The van der Waals surface area contributed by atoms with Gasteiger partial charge in [-0.2, -0.15) is 0 Å². The highest BCUT2D eigenvalue weighted by atomic mass is 35.5. The zero-order valence-electron chi connectivity index (χ0n) is 13.7. The van der Waals surface area contributed by atoms with Gasteiger partial charge < -0.3 is 10.1 Å². The number of amides is 1. The van der Waals surface area contributed by atoms with Crippen molar-refractivity contribution in [2.45, 2.75) is 13.8 Å². The Kier molecular flexibility index (Phi) is 5.00. The molecule has 1 aromatic heterocycles. The molecule has 0 saturated carbocycles. The number of benzene rings is 2. The number of nitrogens with zero attached hydrogens (tertiary/aromatic N) is 2. The second-order valence-corrected chi connectivity index (χ2v) is 5.77. The van der Waals surface area contributed by atoms with Crippen molar-refractivity contribution in [3.8, 4) is 17.0 Å². The normalized spacial score (nSPS) is 10.5. The van der Waals surface area contributed by atoms with Gasteiger partial charge in [0.15, 0.2) is 5.69 Å². The number of ether oxygens (including phenoxy) is 1. The fraction of sp³-hybridized carbons (Fsp3) is 0.167. The van der Waals surface area contributed by atoms with Crippen LogP contribution in [0.3, 0.4) is 0 Å². The van der Waals surface area contributed by atoms with Gasteiger partial charge in [-0.25, -0.2) is 4.63 Å². The molecule has 0 aliphatic rings. The second kappa shape index (κ2) is 7.36. The van der Waals surface area contributed by atoms with Crippen molar-refractivity contribution in [2.75, 3.05) is 11.9 Å². The molecule has 1 heterocycles. The average molecular weight is 358 g/mol. The number of anilines is 1. The minimum Gasteiger partial charge on any atom is -0.494 e. The molecule has 0 radical (unpaired) electrons. The number of carbonyl (C=O) groups excluding carboxylic acids is 1.